The first-order chi connectivity index (χ1) is 8.28. The van der Waals surface area contributed by atoms with Gasteiger partial charge < -0.3 is 15.7 Å². The summed E-state index contributed by atoms with van der Waals surface area (Å²) in [5.41, 5.74) is 0. The van der Waals surface area contributed by atoms with E-state index >= 15 is 0 Å². The molecule has 0 aliphatic heterocycles. The lowest BCUT2D eigenvalue weighted by molar-refractivity contribution is -0.119. The van der Waals surface area contributed by atoms with Gasteiger partial charge in [0, 0.05) is 18.6 Å². The van der Waals surface area contributed by atoms with Gasteiger partial charge in [-0.25, -0.2) is 8.42 Å². The van der Waals surface area contributed by atoms with Crippen molar-refractivity contribution < 1.29 is 18.3 Å². The summed E-state index contributed by atoms with van der Waals surface area (Å²) in [5, 5.41) is 15.1. The lowest BCUT2D eigenvalue weighted by atomic mass is 10.4. The molecule has 0 saturated heterocycles. The van der Waals surface area contributed by atoms with Crippen LogP contribution in [0, 0.1) is 0 Å². The molecule has 1 saturated carbocycles. The van der Waals surface area contributed by atoms with Crippen LogP contribution in [0.5, 0.6) is 0 Å². The molecule has 1 unspecified atom stereocenters. The number of aliphatic hydroxyl groups excluding tert-OH is 1. The van der Waals surface area contributed by atoms with E-state index in [2.05, 4.69) is 10.6 Å². The monoisotopic (exact) mass is 278 g/mol. The van der Waals surface area contributed by atoms with Crippen LogP contribution in [-0.4, -0.2) is 55.7 Å². The first-order valence-corrected chi connectivity index (χ1v) is 8.02. The van der Waals surface area contributed by atoms with E-state index in [0.717, 1.165) is 12.8 Å². The van der Waals surface area contributed by atoms with Crippen LogP contribution in [0.1, 0.15) is 26.7 Å². The highest BCUT2D eigenvalue weighted by molar-refractivity contribution is 7.92. The Bertz CT molecular complexity index is 377. The fourth-order valence-electron chi connectivity index (χ4n) is 1.56. The largest absolute Gasteiger partial charge is 0.391 e. The molecule has 18 heavy (non-hydrogen) atoms. The Morgan fingerprint density at radius 2 is 2.00 bits per heavy atom. The molecule has 1 fully saturated rings. The van der Waals surface area contributed by atoms with Gasteiger partial charge in [-0.1, -0.05) is 0 Å². The van der Waals surface area contributed by atoms with Crippen molar-refractivity contribution in [2.75, 3.05) is 18.1 Å². The van der Waals surface area contributed by atoms with Gasteiger partial charge in [0.2, 0.25) is 5.91 Å². The van der Waals surface area contributed by atoms with Crippen molar-refractivity contribution in [2.24, 2.45) is 0 Å². The average molecular weight is 278 g/mol. The predicted octanol–water partition coefficient (Wildman–Crippen LogP) is -0.961. The van der Waals surface area contributed by atoms with E-state index in [0.29, 0.717) is 6.04 Å². The van der Waals surface area contributed by atoms with Gasteiger partial charge >= 0.3 is 0 Å². The first kappa shape index (κ1) is 15.4. The molecule has 1 amide bonds. The average Bonchev–Trinajstić information content (AvgIpc) is 2.93. The highest BCUT2D eigenvalue weighted by atomic mass is 32.2. The van der Waals surface area contributed by atoms with Gasteiger partial charge in [0.1, 0.15) is 5.75 Å². The standard InChI is InChI=1S/C11H22N2O4S/c1-8(2)13-11(15)7-18(16,17)6-10(14)5-12-9-3-4-9/h8-10,12,14H,3-7H2,1-2H3,(H,13,15). The van der Waals surface area contributed by atoms with Crippen molar-refractivity contribution in [3.05, 3.63) is 0 Å². The smallest absolute Gasteiger partial charge is 0.235 e. The van der Waals surface area contributed by atoms with Crippen LogP contribution in [0.2, 0.25) is 0 Å². The van der Waals surface area contributed by atoms with Crippen LogP contribution in [0.4, 0.5) is 0 Å². The van der Waals surface area contributed by atoms with Crippen LogP contribution in [0.15, 0.2) is 0 Å². The third-order valence-electron chi connectivity index (χ3n) is 2.47. The minimum absolute atomic E-state index is 0.0887. The zero-order valence-corrected chi connectivity index (χ0v) is 11.7. The number of carbonyl (C=O) groups excluding carboxylic acids is 1. The molecule has 1 aliphatic rings. The molecular weight excluding hydrogens is 256 g/mol. The van der Waals surface area contributed by atoms with Crippen LogP contribution in [0.25, 0.3) is 0 Å². The van der Waals surface area contributed by atoms with Crippen molar-refractivity contribution in [1.82, 2.24) is 10.6 Å². The summed E-state index contributed by atoms with van der Waals surface area (Å²) in [7, 11) is -3.56. The zero-order chi connectivity index (χ0) is 13.8. The summed E-state index contributed by atoms with van der Waals surface area (Å²) >= 11 is 0. The van der Waals surface area contributed by atoms with Gasteiger partial charge in [0.05, 0.1) is 11.9 Å². The molecule has 1 atom stereocenters. The van der Waals surface area contributed by atoms with Crippen molar-refractivity contribution in [2.45, 2.75) is 44.9 Å². The molecule has 106 valence electrons. The number of rotatable bonds is 8. The van der Waals surface area contributed by atoms with E-state index in [4.69, 9.17) is 0 Å². The number of sulfone groups is 1. The molecule has 0 spiro atoms. The van der Waals surface area contributed by atoms with E-state index in [9.17, 15) is 18.3 Å². The van der Waals surface area contributed by atoms with Gasteiger partial charge in [0.15, 0.2) is 9.84 Å². The second-order valence-corrected chi connectivity index (χ2v) is 7.22. The summed E-state index contributed by atoms with van der Waals surface area (Å²) < 4.78 is 23.3. The SMILES string of the molecule is CC(C)NC(=O)CS(=O)(=O)CC(O)CNC1CC1. The zero-order valence-electron chi connectivity index (χ0n) is 10.8. The molecule has 3 N–H and O–H groups in total. The molecular formula is C11H22N2O4S. The van der Waals surface area contributed by atoms with Crippen molar-refractivity contribution in [1.29, 1.82) is 0 Å². The van der Waals surface area contributed by atoms with Crippen LogP contribution >= 0.6 is 0 Å². The Morgan fingerprint density at radius 1 is 1.39 bits per heavy atom. The first-order valence-electron chi connectivity index (χ1n) is 6.20. The lowest BCUT2D eigenvalue weighted by Gasteiger charge is -2.13. The van der Waals surface area contributed by atoms with E-state index in [1.54, 1.807) is 13.8 Å². The minimum Gasteiger partial charge on any atom is -0.391 e. The van der Waals surface area contributed by atoms with Crippen LogP contribution in [0.3, 0.4) is 0 Å². The second-order valence-electron chi connectivity index (χ2n) is 5.11. The van der Waals surface area contributed by atoms with E-state index in [1.807, 2.05) is 0 Å². The molecule has 1 rings (SSSR count). The number of nitrogens with one attached hydrogen (secondary N) is 2. The Labute approximate surface area is 108 Å². The number of aliphatic hydroxyl groups is 1. The maximum Gasteiger partial charge on any atom is 0.235 e. The molecule has 0 heterocycles. The van der Waals surface area contributed by atoms with Gasteiger partial charge in [-0.15, -0.1) is 0 Å². The van der Waals surface area contributed by atoms with Crippen molar-refractivity contribution in [3.8, 4) is 0 Å². The fourth-order valence-corrected chi connectivity index (χ4v) is 2.87. The van der Waals surface area contributed by atoms with Gasteiger partial charge in [0.25, 0.3) is 0 Å². The molecule has 0 aromatic rings. The number of hydrogen-bond donors (Lipinski definition) is 3. The van der Waals surface area contributed by atoms with Crippen molar-refractivity contribution in [3.63, 3.8) is 0 Å². The van der Waals surface area contributed by atoms with E-state index < -0.39 is 27.6 Å². The number of amides is 1. The summed E-state index contributed by atoms with van der Waals surface area (Å²) in [6, 6.07) is 0.334. The molecule has 1 aliphatic carbocycles. The number of carbonyl (C=O) groups is 1. The Morgan fingerprint density at radius 3 is 2.50 bits per heavy atom. The topological polar surface area (TPSA) is 95.5 Å². The van der Waals surface area contributed by atoms with Crippen LogP contribution in [-0.2, 0) is 14.6 Å². The molecule has 0 radical (unpaired) electrons. The van der Waals surface area contributed by atoms with Gasteiger partial charge in [-0.2, -0.15) is 0 Å². The Balaban J connectivity index is 2.30. The summed E-state index contributed by atoms with van der Waals surface area (Å²) in [4.78, 5) is 11.3. The highest BCUT2D eigenvalue weighted by Crippen LogP contribution is 2.18. The Hall–Kier alpha value is -0.660. The normalized spacial score (nSPS) is 17.8. The van der Waals surface area contributed by atoms with Gasteiger partial charge in [-0.3, -0.25) is 4.79 Å². The maximum absolute atomic E-state index is 11.6. The van der Waals surface area contributed by atoms with Crippen molar-refractivity contribution >= 4 is 15.7 Å². The lowest BCUT2D eigenvalue weighted by Crippen LogP contribution is -2.39. The predicted molar refractivity (Wildman–Crippen MR) is 69.0 cm³/mol. The minimum atomic E-state index is -3.56. The van der Waals surface area contributed by atoms with Gasteiger partial charge in [-0.05, 0) is 26.7 Å². The summed E-state index contributed by atoms with van der Waals surface area (Å²) in [6.45, 7) is 3.79. The molecule has 6 nitrogen and oxygen atoms in total. The highest BCUT2D eigenvalue weighted by Gasteiger charge is 2.24. The van der Waals surface area contributed by atoms with E-state index in [1.165, 1.54) is 0 Å². The maximum atomic E-state index is 11.6. The fraction of sp³-hybridized carbons (Fsp3) is 0.909. The number of hydrogen-bond acceptors (Lipinski definition) is 5. The molecule has 7 heteroatoms. The third kappa shape index (κ3) is 6.93. The van der Waals surface area contributed by atoms with E-state index in [-0.39, 0.29) is 18.3 Å². The molecule has 0 aromatic carbocycles. The molecule has 0 aromatic heterocycles. The quantitative estimate of drug-likeness (QED) is 0.531. The molecule has 0 bridgehead atoms. The Kier molecular flexibility index (Phi) is 5.55. The summed E-state index contributed by atoms with van der Waals surface area (Å²) in [6.07, 6.45) is 1.20. The second kappa shape index (κ2) is 6.49. The summed E-state index contributed by atoms with van der Waals surface area (Å²) in [5.74, 6) is -1.46. The van der Waals surface area contributed by atoms with Crippen LogP contribution < -0.4 is 10.6 Å². The third-order valence-corrected chi connectivity index (χ3v) is 4.06.